The van der Waals surface area contributed by atoms with Crippen molar-refractivity contribution in [3.63, 3.8) is 0 Å². The Balaban J connectivity index is 2.61. The van der Waals surface area contributed by atoms with E-state index in [0.717, 1.165) is 0 Å². The molecule has 1 atom stereocenters. The van der Waals surface area contributed by atoms with Gasteiger partial charge in [0.15, 0.2) is 0 Å². The normalized spacial score (nSPS) is 12.0. The zero-order valence-corrected chi connectivity index (χ0v) is 11.3. The SMILES string of the molecule is CCOC(=O)NC(C(=O)Nc1nncs1)C(C)C. The zero-order valence-electron chi connectivity index (χ0n) is 10.5. The van der Waals surface area contributed by atoms with Gasteiger partial charge in [-0.2, -0.15) is 0 Å². The molecule has 2 amide bonds. The van der Waals surface area contributed by atoms with Crippen molar-refractivity contribution in [3.05, 3.63) is 5.51 Å². The van der Waals surface area contributed by atoms with Gasteiger partial charge < -0.3 is 10.1 Å². The molecule has 1 rings (SSSR count). The summed E-state index contributed by atoms with van der Waals surface area (Å²) in [5.74, 6) is -0.405. The summed E-state index contributed by atoms with van der Waals surface area (Å²) in [5, 5.41) is 12.8. The molecule has 1 aromatic rings. The van der Waals surface area contributed by atoms with Crippen molar-refractivity contribution in [1.29, 1.82) is 0 Å². The number of hydrogen-bond donors (Lipinski definition) is 2. The number of carbonyl (C=O) groups excluding carboxylic acids is 2. The van der Waals surface area contributed by atoms with Crippen LogP contribution in [-0.4, -0.2) is 34.8 Å². The van der Waals surface area contributed by atoms with E-state index in [4.69, 9.17) is 4.74 Å². The third-order valence-corrected chi connectivity index (χ3v) is 2.69. The highest BCUT2D eigenvalue weighted by molar-refractivity contribution is 7.13. The molecule has 2 N–H and O–H groups in total. The highest BCUT2D eigenvalue weighted by Crippen LogP contribution is 2.11. The molecule has 1 heterocycles. The van der Waals surface area contributed by atoms with Crippen LogP contribution in [0.3, 0.4) is 0 Å². The lowest BCUT2D eigenvalue weighted by molar-refractivity contribution is -0.119. The number of carbonyl (C=O) groups is 2. The predicted molar refractivity (Wildman–Crippen MR) is 67.3 cm³/mol. The number of aromatic nitrogens is 2. The first-order valence-electron chi connectivity index (χ1n) is 5.55. The van der Waals surface area contributed by atoms with Crippen LogP contribution < -0.4 is 10.6 Å². The second kappa shape index (κ2) is 6.90. The van der Waals surface area contributed by atoms with E-state index < -0.39 is 12.1 Å². The Morgan fingerprint density at radius 2 is 2.22 bits per heavy atom. The lowest BCUT2D eigenvalue weighted by atomic mass is 10.0. The van der Waals surface area contributed by atoms with E-state index in [9.17, 15) is 9.59 Å². The van der Waals surface area contributed by atoms with Crippen LogP contribution in [0.1, 0.15) is 20.8 Å². The van der Waals surface area contributed by atoms with E-state index in [1.807, 2.05) is 13.8 Å². The minimum absolute atomic E-state index is 0.0673. The molecule has 0 bridgehead atoms. The Hall–Kier alpha value is -1.70. The minimum Gasteiger partial charge on any atom is -0.450 e. The van der Waals surface area contributed by atoms with Crippen LogP contribution in [-0.2, 0) is 9.53 Å². The van der Waals surface area contributed by atoms with E-state index in [0.29, 0.717) is 5.13 Å². The molecule has 1 unspecified atom stereocenters. The minimum atomic E-state index is -0.673. The number of amides is 2. The van der Waals surface area contributed by atoms with Gasteiger partial charge in [-0.15, -0.1) is 10.2 Å². The highest BCUT2D eigenvalue weighted by Gasteiger charge is 2.25. The van der Waals surface area contributed by atoms with Gasteiger partial charge in [-0.1, -0.05) is 25.2 Å². The summed E-state index contributed by atoms with van der Waals surface area (Å²) in [5.41, 5.74) is 1.51. The molecule has 0 saturated carbocycles. The zero-order chi connectivity index (χ0) is 13.5. The van der Waals surface area contributed by atoms with Crippen molar-refractivity contribution in [1.82, 2.24) is 15.5 Å². The molecule has 100 valence electrons. The van der Waals surface area contributed by atoms with Crippen LogP contribution in [0.15, 0.2) is 5.51 Å². The summed E-state index contributed by atoms with van der Waals surface area (Å²) in [6.45, 7) is 5.62. The third kappa shape index (κ3) is 4.28. The Morgan fingerprint density at radius 1 is 1.50 bits per heavy atom. The summed E-state index contributed by atoms with van der Waals surface area (Å²) in [6, 6.07) is -0.673. The summed E-state index contributed by atoms with van der Waals surface area (Å²) in [4.78, 5) is 23.3. The molecular formula is C10H16N4O3S. The molecule has 7 nitrogen and oxygen atoms in total. The van der Waals surface area contributed by atoms with Crippen molar-refractivity contribution in [2.75, 3.05) is 11.9 Å². The van der Waals surface area contributed by atoms with Gasteiger partial charge in [-0.25, -0.2) is 4.79 Å². The lowest BCUT2D eigenvalue weighted by Gasteiger charge is -2.20. The Labute approximate surface area is 109 Å². The molecule has 0 radical (unpaired) electrons. The fourth-order valence-corrected chi connectivity index (χ4v) is 1.69. The van der Waals surface area contributed by atoms with Gasteiger partial charge >= 0.3 is 6.09 Å². The van der Waals surface area contributed by atoms with Gasteiger partial charge in [0.05, 0.1) is 6.61 Å². The number of rotatable bonds is 5. The van der Waals surface area contributed by atoms with Crippen LogP contribution in [0.2, 0.25) is 0 Å². The van der Waals surface area contributed by atoms with Crippen molar-refractivity contribution < 1.29 is 14.3 Å². The Morgan fingerprint density at radius 3 is 2.72 bits per heavy atom. The summed E-state index contributed by atoms with van der Waals surface area (Å²) in [7, 11) is 0. The molecule has 0 spiro atoms. The monoisotopic (exact) mass is 272 g/mol. The first-order valence-corrected chi connectivity index (χ1v) is 6.42. The standard InChI is InChI=1S/C10H16N4O3S/c1-4-17-10(16)12-7(6(2)3)8(15)13-9-14-11-5-18-9/h5-7H,4H2,1-3H3,(H,12,16)(H,13,14,15). The fraction of sp³-hybridized carbons (Fsp3) is 0.600. The van der Waals surface area contributed by atoms with Gasteiger partial charge in [0, 0.05) is 0 Å². The first-order chi connectivity index (χ1) is 8.54. The number of nitrogens with zero attached hydrogens (tertiary/aromatic N) is 2. The van der Waals surface area contributed by atoms with Gasteiger partial charge in [0.2, 0.25) is 11.0 Å². The topological polar surface area (TPSA) is 93.2 Å². The third-order valence-electron chi connectivity index (χ3n) is 2.09. The molecule has 0 aliphatic heterocycles. The first kappa shape index (κ1) is 14.4. The maximum absolute atomic E-state index is 11.9. The molecule has 1 aromatic heterocycles. The average Bonchev–Trinajstić information content (AvgIpc) is 2.78. The van der Waals surface area contributed by atoms with Crippen molar-refractivity contribution in [2.45, 2.75) is 26.8 Å². The average molecular weight is 272 g/mol. The summed E-state index contributed by atoms with van der Waals surface area (Å²) < 4.78 is 4.75. The molecular weight excluding hydrogens is 256 g/mol. The number of anilines is 1. The van der Waals surface area contributed by atoms with Crippen LogP contribution in [0.25, 0.3) is 0 Å². The lowest BCUT2D eigenvalue weighted by Crippen LogP contribution is -2.47. The fourth-order valence-electron chi connectivity index (χ4n) is 1.25. The van der Waals surface area contributed by atoms with Crippen molar-refractivity contribution in [2.24, 2.45) is 5.92 Å². The second-order valence-electron chi connectivity index (χ2n) is 3.82. The largest absolute Gasteiger partial charge is 0.450 e. The molecule has 8 heteroatoms. The van der Waals surface area contributed by atoms with Crippen LogP contribution in [0, 0.1) is 5.92 Å². The maximum atomic E-state index is 11.9. The van der Waals surface area contributed by atoms with Crippen LogP contribution in [0.5, 0.6) is 0 Å². The smallest absolute Gasteiger partial charge is 0.407 e. The number of hydrogen-bond acceptors (Lipinski definition) is 6. The second-order valence-corrected chi connectivity index (χ2v) is 4.65. The van der Waals surface area contributed by atoms with E-state index >= 15 is 0 Å². The highest BCUT2D eigenvalue weighted by atomic mass is 32.1. The van der Waals surface area contributed by atoms with Crippen molar-refractivity contribution >= 4 is 28.5 Å². The van der Waals surface area contributed by atoms with Gasteiger partial charge in [0.1, 0.15) is 11.6 Å². The summed E-state index contributed by atoms with van der Waals surface area (Å²) in [6.07, 6.45) is -0.608. The Bertz CT molecular complexity index is 394. The number of nitrogens with one attached hydrogen (secondary N) is 2. The molecule has 0 fully saturated rings. The van der Waals surface area contributed by atoms with Gasteiger partial charge in [0.25, 0.3) is 0 Å². The number of alkyl carbamates (subject to hydrolysis) is 1. The van der Waals surface area contributed by atoms with Crippen LogP contribution >= 0.6 is 11.3 Å². The predicted octanol–water partition coefficient (Wildman–Crippen LogP) is 1.25. The summed E-state index contributed by atoms with van der Waals surface area (Å²) >= 11 is 1.21. The van der Waals surface area contributed by atoms with Crippen LogP contribution in [0.4, 0.5) is 9.93 Å². The van der Waals surface area contributed by atoms with E-state index in [-0.39, 0.29) is 18.4 Å². The van der Waals surface area contributed by atoms with Crippen molar-refractivity contribution in [3.8, 4) is 0 Å². The molecule has 0 aliphatic carbocycles. The van der Waals surface area contributed by atoms with Gasteiger partial charge in [-0.3, -0.25) is 10.1 Å². The van der Waals surface area contributed by atoms with E-state index in [2.05, 4.69) is 20.8 Å². The molecule has 0 saturated heterocycles. The number of ether oxygens (including phenoxy) is 1. The molecule has 0 aromatic carbocycles. The van der Waals surface area contributed by atoms with E-state index in [1.165, 1.54) is 16.8 Å². The molecule has 18 heavy (non-hydrogen) atoms. The van der Waals surface area contributed by atoms with E-state index in [1.54, 1.807) is 6.92 Å². The molecule has 0 aliphatic rings. The Kier molecular flexibility index (Phi) is 5.50. The maximum Gasteiger partial charge on any atom is 0.407 e. The quantitative estimate of drug-likeness (QED) is 0.841. The van der Waals surface area contributed by atoms with Gasteiger partial charge in [-0.05, 0) is 12.8 Å².